The van der Waals surface area contributed by atoms with Crippen LogP contribution >= 0.6 is 0 Å². The summed E-state index contributed by atoms with van der Waals surface area (Å²) in [5, 5.41) is 8.81. The van der Waals surface area contributed by atoms with Gasteiger partial charge in [-0.15, -0.1) is 0 Å². The fraction of sp³-hybridized carbons (Fsp3) is 0.0385. The number of anilines is 6. The maximum Gasteiger partial charge on any atom is 0.136 e. The Morgan fingerprint density at radius 2 is 0.786 bits per heavy atom. The molecular formula is C52H36N2O2. The summed E-state index contributed by atoms with van der Waals surface area (Å²) in [4.78, 5) is 4.63. The van der Waals surface area contributed by atoms with E-state index in [1.165, 1.54) is 11.1 Å². The number of hydrogen-bond donors (Lipinski definition) is 0. The van der Waals surface area contributed by atoms with Crippen molar-refractivity contribution in [3.8, 4) is 0 Å². The van der Waals surface area contributed by atoms with Gasteiger partial charge >= 0.3 is 0 Å². The van der Waals surface area contributed by atoms with Crippen LogP contribution in [0, 0.1) is 13.8 Å². The van der Waals surface area contributed by atoms with Crippen molar-refractivity contribution in [2.24, 2.45) is 0 Å². The highest BCUT2D eigenvalue weighted by molar-refractivity contribution is 6.18. The second-order valence-corrected chi connectivity index (χ2v) is 14.8. The highest BCUT2D eigenvalue weighted by Gasteiger charge is 2.19. The molecule has 0 aliphatic carbocycles. The molecule has 9 aromatic carbocycles. The summed E-state index contributed by atoms with van der Waals surface area (Å²) in [6, 6.07) is 64.8. The van der Waals surface area contributed by atoms with E-state index >= 15 is 0 Å². The molecule has 0 N–H and O–H groups in total. The lowest BCUT2D eigenvalue weighted by Crippen LogP contribution is -2.11. The first-order valence-corrected chi connectivity index (χ1v) is 19.1. The van der Waals surface area contributed by atoms with Crippen LogP contribution in [0.1, 0.15) is 11.1 Å². The van der Waals surface area contributed by atoms with Crippen molar-refractivity contribution in [2.75, 3.05) is 9.80 Å². The Morgan fingerprint density at radius 3 is 1.36 bits per heavy atom. The van der Waals surface area contributed by atoms with Crippen molar-refractivity contribution in [3.63, 3.8) is 0 Å². The van der Waals surface area contributed by atoms with Crippen LogP contribution in [0.2, 0.25) is 0 Å². The van der Waals surface area contributed by atoms with Crippen LogP contribution in [0.15, 0.2) is 191 Å². The first-order chi connectivity index (χ1) is 27.5. The normalized spacial score (nSPS) is 11.8. The minimum atomic E-state index is 0.851. The second-order valence-electron chi connectivity index (χ2n) is 14.8. The fourth-order valence-corrected chi connectivity index (χ4v) is 8.39. The number of aryl methyl sites for hydroxylation is 2. The predicted octanol–water partition coefficient (Wildman–Crippen LogP) is 15.3. The predicted molar refractivity (Wildman–Crippen MR) is 235 cm³/mol. The molecule has 0 amide bonds. The monoisotopic (exact) mass is 720 g/mol. The van der Waals surface area contributed by atoms with Gasteiger partial charge in [-0.3, -0.25) is 0 Å². The zero-order chi connectivity index (χ0) is 37.3. The highest BCUT2D eigenvalue weighted by atomic mass is 16.3. The highest BCUT2D eigenvalue weighted by Crippen LogP contribution is 2.43. The minimum absolute atomic E-state index is 0.851. The van der Waals surface area contributed by atoms with Crippen molar-refractivity contribution in [2.45, 2.75) is 13.8 Å². The largest absolute Gasteiger partial charge is 0.456 e. The number of nitrogens with zero attached hydrogens (tertiary/aromatic N) is 2. The molecule has 0 atom stereocenters. The van der Waals surface area contributed by atoms with E-state index in [4.69, 9.17) is 8.83 Å². The molecule has 0 aliphatic rings. The maximum atomic E-state index is 6.64. The summed E-state index contributed by atoms with van der Waals surface area (Å²) in [5.74, 6) is 0. The Labute approximate surface area is 324 Å². The third kappa shape index (κ3) is 5.30. The molecule has 0 bridgehead atoms. The standard InChI is InChI=1S/C52H36N2O2/c1-33-12-11-18-41(24-33)53(39-14-5-3-6-15-39)42-22-20-35-27-44-46-31-52-47(32-51(46)55-49(44)29-37(35)25-42)45-28-36-21-23-43(26-38(36)30-50(45)56-52)54(40-16-7-4-8-17-40)48-19-10-9-13-34(48)2/h3-32H,1-2H3. The van der Waals surface area contributed by atoms with Crippen LogP contribution in [0.5, 0.6) is 0 Å². The molecule has 4 heteroatoms. The number of hydrogen-bond acceptors (Lipinski definition) is 4. The Kier molecular flexibility index (Phi) is 7.26. The maximum absolute atomic E-state index is 6.64. The van der Waals surface area contributed by atoms with E-state index in [9.17, 15) is 0 Å². The first kappa shape index (κ1) is 32.2. The lowest BCUT2D eigenvalue weighted by Gasteiger charge is -2.27. The lowest BCUT2D eigenvalue weighted by molar-refractivity contribution is 0.664. The summed E-state index contributed by atoms with van der Waals surface area (Å²) in [5.41, 5.74) is 12.6. The lowest BCUT2D eigenvalue weighted by atomic mass is 10.0. The second kappa shape index (κ2) is 12.6. The van der Waals surface area contributed by atoms with E-state index in [1.54, 1.807) is 0 Å². The Morgan fingerprint density at radius 1 is 0.321 bits per heavy atom. The summed E-state index contributed by atoms with van der Waals surface area (Å²) in [6.45, 7) is 4.30. The number of para-hydroxylation sites is 3. The zero-order valence-corrected chi connectivity index (χ0v) is 31.0. The van der Waals surface area contributed by atoms with E-state index < -0.39 is 0 Å². The molecule has 0 radical (unpaired) electrons. The Hall–Kier alpha value is -7.30. The SMILES string of the molecule is Cc1cccc(N(c2ccccc2)c2ccc3cc4c(cc3c2)oc2cc3c(cc24)oc2cc4cc(N(c5ccccc5)c5ccccc5C)ccc4cc23)c1. The topological polar surface area (TPSA) is 32.8 Å². The number of furan rings is 2. The molecule has 0 aliphatic heterocycles. The van der Waals surface area contributed by atoms with Crippen molar-refractivity contribution in [3.05, 3.63) is 193 Å². The molecule has 0 saturated heterocycles. The molecule has 266 valence electrons. The summed E-state index contributed by atoms with van der Waals surface area (Å²) < 4.78 is 13.3. The molecule has 2 heterocycles. The van der Waals surface area contributed by atoms with Gasteiger partial charge in [0.2, 0.25) is 0 Å². The van der Waals surface area contributed by atoms with Gasteiger partial charge in [0.25, 0.3) is 0 Å². The third-order valence-electron chi connectivity index (χ3n) is 11.1. The van der Waals surface area contributed by atoms with E-state index in [2.05, 4.69) is 206 Å². The van der Waals surface area contributed by atoms with E-state index in [-0.39, 0.29) is 0 Å². The third-order valence-corrected chi connectivity index (χ3v) is 11.1. The number of fused-ring (bicyclic) bond motifs is 8. The van der Waals surface area contributed by atoms with E-state index in [0.29, 0.717) is 0 Å². The van der Waals surface area contributed by atoms with Gasteiger partial charge in [-0.1, -0.05) is 78.9 Å². The molecule has 2 aromatic heterocycles. The van der Waals surface area contributed by atoms with Crippen molar-refractivity contribution in [1.29, 1.82) is 0 Å². The molecule has 11 rings (SSSR count). The molecule has 0 unspecified atom stereocenters. The summed E-state index contributed by atoms with van der Waals surface area (Å²) in [6.07, 6.45) is 0. The van der Waals surface area contributed by atoms with Crippen LogP contribution in [0.3, 0.4) is 0 Å². The molecule has 0 saturated carbocycles. The average molecular weight is 721 g/mol. The van der Waals surface area contributed by atoms with E-state index in [1.807, 2.05) is 0 Å². The van der Waals surface area contributed by atoms with Gasteiger partial charge in [-0.2, -0.15) is 0 Å². The molecular weight excluding hydrogens is 685 g/mol. The molecule has 4 nitrogen and oxygen atoms in total. The van der Waals surface area contributed by atoms with Crippen molar-refractivity contribution in [1.82, 2.24) is 0 Å². The van der Waals surface area contributed by atoms with Crippen LogP contribution in [0.25, 0.3) is 65.4 Å². The minimum Gasteiger partial charge on any atom is -0.456 e. The summed E-state index contributed by atoms with van der Waals surface area (Å²) >= 11 is 0. The van der Waals surface area contributed by atoms with Gasteiger partial charge in [0.1, 0.15) is 22.3 Å². The zero-order valence-electron chi connectivity index (χ0n) is 31.0. The molecule has 0 spiro atoms. The van der Waals surface area contributed by atoms with Crippen LogP contribution < -0.4 is 9.80 Å². The number of rotatable bonds is 6. The molecule has 11 aromatic rings. The Balaban J connectivity index is 1.01. The van der Waals surface area contributed by atoms with Crippen molar-refractivity contribution >= 4 is 99.5 Å². The van der Waals surface area contributed by atoms with Crippen LogP contribution in [0.4, 0.5) is 34.1 Å². The van der Waals surface area contributed by atoms with Gasteiger partial charge in [-0.25, -0.2) is 0 Å². The Bertz CT molecular complexity index is 3290. The average Bonchev–Trinajstić information content (AvgIpc) is 3.75. The van der Waals surface area contributed by atoms with Gasteiger partial charge in [0.15, 0.2) is 0 Å². The van der Waals surface area contributed by atoms with E-state index in [0.717, 1.165) is 99.5 Å². The first-order valence-electron chi connectivity index (χ1n) is 19.1. The smallest absolute Gasteiger partial charge is 0.136 e. The summed E-state index contributed by atoms with van der Waals surface area (Å²) in [7, 11) is 0. The molecule has 0 fully saturated rings. The van der Waals surface area contributed by atoms with Gasteiger partial charge in [0.05, 0.1) is 0 Å². The quantitative estimate of drug-likeness (QED) is 0.171. The fourth-order valence-electron chi connectivity index (χ4n) is 8.39. The van der Waals surface area contributed by atoms with Gasteiger partial charge in [0, 0.05) is 55.7 Å². The van der Waals surface area contributed by atoms with Gasteiger partial charge < -0.3 is 18.6 Å². The number of benzene rings is 9. The molecule has 56 heavy (non-hydrogen) atoms. The van der Waals surface area contributed by atoms with Gasteiger partial charge in [-0.05, 0) is 150 Å². The van der Waals surface area contributed by atoms with Crippen LogP contribution in [-0.4, -0.2) is 0 Å². The van der Waals surface area contributed by atoms with Crippen molar-refractivity contribution < 1.29 is 8.83 Å². The van der Waals surface area contributed by atoms with Crippen LogP contribution in [-0.2, 0) is 0 Å².